The molecule has 0 amide bonds. The van der Waals surface area contributed by atoms with Crippen LogP contribution >= 0.6 is 0 Å². The van der Waals surface area contributed by atoms with Gasteiger partial charge in [0.15, 0.2) is 6.10 Å². The van der Waals surface area contributed by atoms with Crippen molar-refractivity contribution >= 4 is 17.7 Å². The van der Waals surface area contributed by atoms with Crippen LogP contribution in [0.1, 0.15) is 92.3 Å². The topological polar surface area (TPSA) is 264 Å². The first-order valence-corrected chi connectivity index (χ1v) is 12.2. The zero-order valence-electron chi connectivity index (χ0n) is 22.7. The van der Waals surface area contributed by atoms with Crippen molar-refractivity contribution in [3.05, 3.63) is 0 Å². The molecule has 0 aliphatic carbocycles. The van der Waals surface area contributed by atoms with E-state index in [-0.39, 0.29) is 19.9 Å². The molecular formula is C23H47O14-. The number of hydrogen-bond donors (Lipinski definition) is 7. The molecular weight excluding hydrogens is 500 g/mol. The smallest absolute Gasteiger partial charge is 0.870 e. The van der Waals surface area contributed by atoms with Gasteiger partial charge >= 0.3 is 13.4 Å². The summed E-state index contributed by atoms with van der Waals surface area (Å²) in [5.74, 6) is -2.37. The van der Waals surface area contributed by atoms with Gasteiger partial charge in [0.25, 0.3) is 0 Å². The maximum Gasteiger partial charge on any atom is 1.00 e. The van der Waals surface area contributed by atoms with Gasteiger partial charge in [0.05, 0.1) is 13.2 Å². The summed E-state index contributed by atoms with van der Waals surface area (Å²) in [5, 5.41) is 61.5. The third kappa shape index (κ3) is 23.1. The highest BCUT2D eigenvalue weighted by Gasteiger charge is 2.41. The van der Waals surface area contributed by atoms with E-state index in [9.17, 15) is 29.7 Å². The molecule has 8 N–H and O–H groups in total. The van der Waals surface area contributed by atoms with Crippen molar-refractivity contribution in [3.8, 4) is 0 Å². The van der Waals surface area contributed by atoms with Crippen molar-refractivity contribution in [3.63, 3.8) is 0 Å². The average Bonchev–Trinajstić information content (AvgIpc) is 3.22. The Morgan fingerprint density at radius 1 is 0.919 bits per heavy atom. The number of esters is 1. The lowest BCUT2D eigenvalue weighted by Crippen LogP contribution is -2.43. The summed E-state index contributed by atoms with van der Waals surface area (Å²) in [4.78, 5) is 32.3. The van der Waals surface area contributed by atoms with E-state index in [1.54, 1.807) is 0 Å². The number of aliphatic hydroxyl groups excluding tert-OH is 3. The van der Waals surface area contributed by atoms with Crippen LogP contribution in [0.5, 0.6) is 0 Å². The van der Waals surface area contributed by atoms with Gasteiger partial charge in [0, 0.05) is 12.8 Å². The predicted molar refractivity (Wildman–Crippen MR) is 129 cm³/mol. The second-order valence-corrected chi connectivity index (χ2v) is 8.12. The zero-order valence-corrected chi connectivity index (χ0v) is 21.7. The molecule has 14 nitrogen and oxygen atoms in total. The lowest BCUT2D eigenvalue weighted by atomic mass is 10.1. The monoisotopic (exact) mass is 547 g/mol. The molecule has 14 heteroatoms. The Labute approximate surface area is 219 Å². The maximum atomic E-state index is 11.7. The molecule has 0 spiro atoms. The standard InChI is InChI=1S/C14H26O6.C9H16O3.2H2O2.H2O/c1-2-3-4-5-6-7-12(17)20-11(8-15)14-13(18)10(16)9-19-14;1-2-3-4-5-6-7-8(10)9(11)12;2*1-2;/h10-11,13-16,18H,2-9H2,1H3;2-7H2,1H3,(H,11,12);2*1-2H;1H2/p-1. The molecule has 1 fully saturated rings. The number of ketones is 1. The van der Waals surface area contributed by atoms with Gasteiger partial charge in [0.1, 0.15) is 18.3 Å². The number of ether oxygens (including phenoxy) is 2. The number of carboxylic acid groups (broad SMARTS) is 1. The molecule has 1 aliphatic rings. The molecule has 1 aliphatic heterocycles. The minimum atomic E-state index is -1.30. The fourth-order valence-electron chi connectivity index (χ4n) is 3.26. The van der Waals surface area contributed by atoms with Crippen molar-refractivity contribution in [1.29, 1.82) is 0 Å². The van der Waals surface area contributed by atoms with Crippen molar-refractivity contribution in [2.24, 2.45) is 0 Å². The number of carboxylic acids is 1. The van der Waals surface area contributed by atoms with E-state index in [1.165, 1.54) is 6.42 Å². The summed E-state index contributed by atoms with van der Waals surface area (Å²) < 4.78 is 10.3. The normalized spacial score (nSPS) is 18.4. The van der Waals surface area contributed by atoms with Crippen molar-refractivity contribution in [2.45, 2.75) is 115 Å². The highest BCUT2D eigenvalue weighted by molar-refractivity contribution is 6.32. The second-order valence-electron chi connectivity index (χ2n) is 8.12. The van der Waals surface area contributed by atoms with Crippen LogP contribution in [0.25, 0.3) is 0 Å². The molecule has 37 heavy (non-hydrogen) atoms. The van der Waals surface area contributed by atoms with E-state index in [4.69, 9.17) is 35.6 Å². The lowest BCUT2D eigenvalue weighted by molar-refractivity contribution is -0.670. The second kappa shape index (κ2) is 30.5. The number of unbranched alkanes of at least 4 members (excludes halogenated alkanes) is 8. The van der Waals surface area contributed by atoms with Crippen molar-refractivity contribution < 1.29 is 72.2 Å². The summed E-state index contributed by atoms with van der Waals surface area (Å²) in [7, 11) is 0. The Balaban J connectivity index is -0.000000175. The van der Waals surface area contributed by atoms with E-state index in [0.717, 1.165) is 51.4 Å². The van der Waals surface area contributed by atoms with Crippen LogP contribution in [0.3, 0.4) is 0 Å². The third-order valence-electron chi connectivity index (χ3n) is 5.25. The largest absolute Gasteiger partial charge is 1.00 e. The van der Waals surface area contributed by atoms with Gasteiger partial charge in [-0.15, -0.1) is 0 Å². The molecule has 4 atom stereocenters. The molecule has 0 saturated carbocycles. The first kappa shape index (κ1) is 42.3. The molecule has 1 saturated heterocycles. The Morgan fingerprint density at radius 3 is 1.76 bits per heavy atom. The molecule has 0 radical (unpaired) electrons. The SMILES string of the molecule is CCCCCCCC(=O)C(=O)O.CCCCCCCC(=O)OC(CO)C1OCC(O)C1O.OO.[H+].[O-]O.[OH-]. The minimum absolute atomic E-state index is 0. The van der Waals surface area contributed by atoms with Crippen LogP contribution in [0.4, 0.5) is 0 Å². The summed E-state index contributed by atoms with van der Waals surface area (Å²) in [6.07, 6.45) is 6.83. The van der Waals surface area contributed by atoms with E-state index in [2.05, 4.69) is 13.8 Å². The first-order chi connectivity index (χ1) is 17.3. The van der Waals surface area contributed by atoms with Crippen LogP contribution in [0.2, 0.25) is 0 Å². The van der Waals surface area contributed by atoms with E-state index < -0.39 is 48.7 Å². The van der Waals surface area contributed by atoms with Gasteiger partial charge in [-0.3, -0.25) is 20.1 Å². The van der Waals surface area contributed by atoms with Gasteiger partial charge in [-0.05, 0) is 12.8 Å². The molecule has 0 aromatic carbocycles. The van der Waals surface area contributed by atoms with E-state index in [1.807, 2.05) is 0 Å². The van der Waals surface area contributed by atoms with Crippen LogP contribution in [0.15, 0.2) is 0 Å². The lowest BCUT2D eigenvalue weighted by Gasteiger charge is -2.23. The summed E-state index contributed by atoms with van der Waals surface area (Å²) in [5.41, 5.74) is 0. The van der Waals surface area contributed by atoms with Crippen LogP contribution < -0.4 is 5.26 Å². The Kier molecular flexibility index (Phi) is 34.9. The highest BCUT2D eigenvalue weighted by Crippen LogP contribution is 2.20. The van der Waals surface area contributed by atoms with E-state index in [0.29, 0.717) is 12.8 Å². The molecule has 1 heterocycles. The zero-order chi connectivity index (χ0) is 28.4. The van der Waals surface area contributed by atoms with Gasteiger partial charge in [-0.2, -0.15) is 0 Å². The third-order valence-corrected chi connectivity index (χ3v) is 5.25. The number of Topliss-reactive ketones (excluding diaryl/α,β-unsaturated/α-hetero) is 1. The summed E-state index contributed by atoms with van der Waals surface area (Å²) in [6.45, 7) is 3.79. The average molecular weight is 548 g/mol. The number of carbonyl (C=O) groups is 3. The molecule has 224 valence electrons. The molecule has 4 unspecified atom stereocenters. The Morgan fingerprint density at radius 2 is 1.38 bits per heavy atom. The number of rotatable bonds is 16. The van der Waals surface area contributed by atoms with Gasteiger partial charge in [-0.1, -0.05) is 65.2 Å². The molecule has 0 aromatic rings. The fourth-order valence-corrected chi connectivity index (χ4v) is 3.26. The van der Waals surface area contributed by atoms with Crippen molar-refractivity contribution in [1.82, 2.24) is 0 Å². The van der Waals surface area contributed by atoms with Crippen LogP contribution in [0, 0.1) is 0 Å². The first-order valence-electron chi connectivity index (χ1n) is 12.2. The van der Waals surface area contributed by atoms with Gasteiger partial charge in [0.2, 0.25) is 5.78 Å². The number of carbonyl (C=O) groups excluding carboxylic acids is 2. The molecule has 0 aromatic heterocycles. The van der Waals surface area contributed by atoms with Crippen LogP contribution in [-0.4, -0.2) is 97.0 Å². The van der Waals surface area contributed by atoms with Gasteiger partial charge < -0.3 is 45.9 Å². The number of aliphatic carboxylic acids is 1. The van der Waals surface area contributed by atoms with Crippen molar-refractivity contribution in [2.75, 3.05) is 13.2 Å². The fraction of sp³-hybridized carbons (Fsp3) is 0.870. The highest BCUT2D eigenvalue weighted by atomic mass is 17.0. The Bertz CT molecular complexity index is 538. The number of hydrogen-bond acceptors (Lipinski definition) is 13. The maximum absolute atomic E-state index is 11.7. The Hall–Kier alpha value is -1.75. The molecule has 0 bridgehead atoms. The van der Waals surface area contributed by atoms with Crippen LogP contribution in [-0.2, 0) is 23.9 Å². The summed E-state index contributed by atoms with van der Waals surface area (Å²) >= 11 is 0. The molecule has 1 rings (SSSR count). The quantitative estimate of drug-likeness (QED) is 0.0469. The van der Waals surface area contributed by atoms with Gasteiger partial charge in [-0.25, -0.2) is 4.79 Å². The number of aliphatic hydroxyl groups is 3. The van der Waals surface area contributed by atoms with E-state index >= 15 is 0 Å². The summed E-state index contributed by atoms with van der Waals surface area (Å²) in [6, 6.07) is 0. The predicted octanol–water partition coefficient (Wildman–Crippen LogP) is 1.15. The minimum Gasteiger partial charge on any atom is -0.870 e.